The summed E-state index contributed by atoms with van der Waals surface area (Å²) in [6.07, 6.45) is 7.07. The Labute approximate surface area is 166 Å². The Kier molecular flexibility index (Phi) is 5.27. The van der Waals surface area contributed by atoms with Crippen LogP contribution in [0.4, 0.5) is 5.69 Å². The van der Waals surface area contributed by atoms with Gasteiger partial charge < -0.3 is 10.0 Å². The molecule has 1 aromatic carbocycles. The number of amides is 1. The zero-order chi connectivity index (χ0) is 18.6. The highest BCUT2D eigenvalue weighted by atomic mass is 35.5. The molecule has 136 valence electrons. The van der Waals surface area contributed by atoms with Crippen LogP contribution in [0.1, 0.15) is 23.2 Å². The molecule has 1 amide bonds. The minimum absolute atomic E-state index is 0.0910. The van der Waals surface area contributed by atoms with E-state index in [9.17, 15) is 4.79 Å². The van der Waals surface area contributed by atoms with E-state index in [2.05, 4.69) is 20.0 Å². The smallest absolute Gasteiger partial charge is 0.253 e. The predicted octanol–water partition coefficient (Wildman–Crippen LogP) is 4.81. The Bertz CT molecular complexity index is 963. The van der Waals surface area contributed by atoms with Crippen molar-refractivity contribution in [2.24, 2.45) is 0 Å². The van der Waals surface area contributed by atoms with Crippen LogP contribution in [0.15, 0.2) is 66.0 Å². The third-order valence-electron chi connectivity index (χ3n) is 4.11. The molecule has 3 aromatic rings. The van der Waals surface area contributed by atoms with Gasteiger partial charge in [0.1, 0.15) is 0 Å². The van der Waals surface area contributed by atoms with Gasteiger partial charge in [-0.15, -0.1) is 0 Å². The van der Waals surface area contributed by atoms with Crippen LogP contribution in [0.5, 0.6) is 0 Å². The fourth-order valence-electron chi connectivity index (χ4n) is 2.50. The third-order valence-corrected chi connectivity index (χ3v) is 5.24. The average molecular weight is 397 g/mol. The van der Waals surface area contributed by atoms with Crippen LogP contribution < -0.4 is 10.0 Å². The highest BCUT2D eigenvalue weighted by Crippen LogP contribution is 2.30. The van der Waals surface area contributed by atoms with Crippen LogP contribution in [0.3, 0.4) is 0 Å². The number of carbonyl (C=O) groups is 1. The first kappa shape index (κ1) is 17.8. The zero-order valence-electron chi connectivity index (χ0n) is 14.4. The monoisotopic (exact) mass is 396 g/mol. The summed E-state index contributed by atoms with van der Waals surface area (Å²) in [4.78, 5) is 21.8. The van der Waals surface area contributed by atoms with Crippen LogP contribution in [0.2, 0.25) is 5.15 Å². The van der Waals surface area contributed by atoms with Gasteiger partial charge in [-0.3, -0.25) is 9.78 Å². The molecule has 4 rings (SSSR count). The number of pyridine rings is 2. The van der Waals surface area contributed by atoms with Gasteiger partial charge in [0.2, 0.25) is 0 Å². The molecule has 7 heteroatoms. The lowest BCUT2D eigenvalue weighted by Crippen LogP contribution is -2.25. The third kappa shape index (κ3) is 4.59. The van der Waals surface area contributed by atoms with E-state index in [0.717, 1.165) is 28.9 Å². The molecule has 2 aromatic heterocycles. The largest absolute Gasteiger partial charge is 0.349 e. The van der Waals surface area contributed by atoms with Gasteiger partial charge in [-0.25, -0.2) is 4.98 Å². The van der Waals surface area contributed by atoms with E-state index in [-0.39, 0.29) is 5.91 Å². The van der Waals surface area contributed by atoms with E-state index < -0.39 is 0 Å². The predicted molar refractivity (Wildman–Crippen MR) is 109 cm³/mol. The molecule has 1 fully saturated rings. The second kappa shape index (κ2) is 7.98. The molecule has 1 saturated carbocycles. The summed E-state index contributed by atoms with van der Waals surface area (Å²) >= 11 is 7.69. The maximum absolute atomic E-state index is 12.3. The number of aromatic nitrogens is 2. The molecule has 0 saturated heterocycles. The summed E-state index contributed by atoms with van der Waals surface area (Å²) in [5.74, 6) is -0.0910. The zero-order valence-corrected chi connectivity index (χ0v) is 15.9. The molecule has 0 unspecified atom stereocenters. The summed E-state index contributed by atoms with van der Waals surface area (Å²) in [5.41, 5.74) is 2.90. The van der Waals surface area contributed by atoms with Crippen molar-refractivity contribution in [2.45, 2.75) is 23.8 Å². The number of halogens is 1. The van der Waals surface area contributed by atoms with Gasteiger partial charge in [0, 0.05) is 40.7 Å². The highest BCUT2D eigenvalue weighted by Gasteiger charge is 2.24. The van der Waals surface area contributed by atoms with Gasteiger partial charge in [-0.2, -0.15) is 0 Å². The summed E-state index contributed by atoms with van der Waals surface area (Å²) in [7, 11) is 0. The first-order valence-electron chi connectivity index (χ1n) is 8.59. The topological polar surface area (TPSA) is 66.9 Å². The second-order valence-corrected chi connectivity index (χ2v) is 7.53. The van der Waals surface area contributed by atoms with Crippen LogP contribution in [0, 0.1) is 0 Å². The van der Waals surface area contributed by atoms with E-state index in [0.29, 0.717) is 22.4 Å². The van der Waals surface area contributed by atoms with E-state index >= 15 is 0 Å². The number of hydrogen-bond donors (Lipinski definition) is 2. The SMILES string of the molecule is O=C(NC1CC1)c1cncc(-c2cnc(Cl)c(NSc3ccccc3)c2)c1. The molecule has 2 heterocycles. The van der Waals surface area contributed by atoms with Crippen molar-refractivity contribution in [1.82, 2.24) is 15.3 Å². The Morgan fingerprint density at radius 3 is 2.63 bits per heavy atom. The number of nitrogens with one attached hydrogen (secondary N) is 2. The van der Waals surface area contributed by atoms with Gasteiger partial charge in [0.15, 0.2) is 5.15 Å². The van der Waals surface area contributed by atoms with E-state index in [1.54, 1.807) is 18.6 Å². The minimum atomic E-state index is -0.0910. The van der Waals surface area contributed by atoms with Crippen molar-refractivity contribution < 1.29 is 4.79 Å². The quantitative estimate of drug-likeness (QED) is 0.462. The van der Waals surface area contributed by atoms with Crippen molar-refractivity contribution >= 4 is 35.1 Å². The lowest BCUT2D eigenvalue weighted by molar-refractivity contribution is 0.0950. The Hall–Kier alpha value is -2.57. The Balaban J connectivity index is 1.54. The lowest BCUT2D eigenvalue weighted by Gasteiger charge is -2.10. The van der Waals surface area contributed by atoms with Gasteiger partial charge in [0.05, 0.1) is 11.3 Å². The Morgan fingerprint density at radius 1 is 1.07 bits per heavy atom. The summed E-state index contributed by atoms with van der Waals surface area (Å²) in [6, 6.07) is 14.0. The van der Waals surface area contributed by atoms with E-state index in [1.165, 1.54) is 11.9 Å². The fourth-order valence-corrected chi connectivity index (χ4v) is 3.38. The molecule has 1 aliphatic rings. The van der Waals surface area contributed by atoms with Crippen LogP contribution >= 0.6 is 23.5 Å². The van der Waals surface area contributed by atoms with Crippen LogP contribution in [-0.4, -0.2) is 21.9 Å². The van der Waals surface area contributed by atoms with E-state index in [1.807, 2.05) is 42.5 Å². The van der Waals surface area contributed by atoms with Gasteiger partial charge in [-0.1, -0.05) is 29.8 Å². The maximum atomic E-state index is 12.3. The first-order valence-corrected chi connectivity index (χ1v) is 9.78. The fraction of sp³-hybridized carbons (Fsp3) is 0.150. The molecule has 2 N–H and O–H groups in total. The highest BCUT2D eigenvalue weighted by molar-refractivity contribution is 8.00. The molecule has 27 heavy (non-hydrogen) atoms. The normalized spacial score (nSPS) is 13.2. The van der Waals surface area contributed by atoms with Crippen molar-refractivity contribution in [1.29, 1.82) is 0 Å². The molecule has 0 radical (unpaired) electrons. The summed E-state index contributed by atoms with van der Waals surface area (Å²) in [6.45, 7) is 0. The van der Waals surface area contributed by atoms with E-state index in [4.69, 9.17) is 11.6 Å². The average Bonchev–Trinajstić information content (AvgIpc) is 3.52. The summed E-state index contributed by atoms with van der Waals surface area (Å²) < 4.78 is 3.23. The molecule has 0 atom stereocenters. The van der Waals surface area contributed by atoms with Crippen molar-refractivity contribution in [3.05, 3.63) is 71.8 Å². The molecule has 0 spiro atoms. The van der Waals surface area contributed by atoms with Gasteiger partial charge in [-0.05, 0) is 49.1 Å². The van der Waals surface area contributed by atoms with Crippen LogP contribution in [0.25, 0.3) is 11.1 Å². The molecule has 0 aliphatic heterocycles. The molecule has 1 aliphatic carbocycles. The standard InChI is InChI=1S/C20H17ClN4OS/c21-19-18(25-27-17-4-2-1-3-5-17)9-14(12-23-19)13-8-15(11-22-10-13)20(26)24-16-6-7-16/h1-5,8-12,16,25H,6-7H2,(H,24,26). The number of nitrogens with zero attached hydrogens (tertiary/aromatic N) is 2. The van der Waals surface area contributed by atoms with Gasteiger partial charge >= 0.3 is 0 Å². The molecular formula is C20H17ClN4OS. The lowest BCUT2D eigenvalue weighted by atomic mass is 10.1. The maximum Gasteiger partial charge on any atom is 0.253 e. The number of hydrogen-bond acceptors (Lipinski definition) is 5. The Morgan fingerprint density at radius 2 is 1.85 bits per heavy atom. The van der Waals surface area contributed by atoms with Gasteiger partial charge in [0.25, 0.3) is 5.91 Å². The molecule has 5 nitrogen and oxygen atoms in total. The first-order chi connectivity index (χ1) is 13.2. The van der Waals surface area contributed by atoms with Crippen LogP contribution in [-0.2, 0) is 0 Å². The number of benzene rings is 1. The van der Waals surface area contributed by atoms with Crippen molar-refractivity contribution in [2.75, 3.05) is 4.72 Å². The number of carbonyl (C=O) groups excluding carboxylic acids is 1. The number of rotatable bonds is 6. The van der Waals surface area contributed by atoms with Crippen molar-refractivity contribution in [3.63, 3.8) is 0 Å². The van der Waals surface area contributed by atoms with Crippen molar-refractivity contribution in [3.8, 4) is 11.1 Å². The minimum Gasteiger partial charge on any atom is -0.349 e. The second-order valence-electron chi connectivity index (χ2n) is 6.29. The molecule has 0 bridgehead atoms. The number of anilines is 1. The summed E-state index contributed by atoms with van der Waals surface area (Å²) in [5, 5.41) is 3.36. The molecular weight excluding hydrogens is 380 g/mol.